The first-order valence-corrected chi connectivity index (χ1v) is 7.06. The Morgan fingerprint density at radius 1 is 1.61 bits per heavy atom. The van der Waals surface area contributed by atoms with E-state index < -0.39 is 22.0 Å². The number of hydrogen-bond acceptors (Lipinski definition) is 4. The van der Waals surface area contributed by atoms with Crippen LogP contribution in [0.2, 0.25) is 0 Å². The van der Waals surface area contributed by atoms with Crippen LogP contribution < -0.4 is 4.72 Å². The van der Waals surface area contributed by atoms with Gasteiger partial charge in [-0.3, -0.25) is 9.48 Å². The molecule has 0 spiro atoms. The molecule has 0 fully saturated rings. The average molecular weight is 275 g/mol. The molecule has 0 aromatic carbocycles. The number of carboxylic acid groups (broad SMARTS) is 1. The highest BCUT2D eigenvalue weighted by Gasteiger charge is 2.22. The zero-order valence-electron chi connectivity index (χ0n) is 10.3. The molecule has 1 aromatic heterocycles. The predicted molar refractivity (Wildman–Crippen MR) is 64.5 cm³/mol. The highest BCUT2D eigenvalue weighted by atomic mass is 32.2. The number of aromatic nitrogens is 2. The van der Waals surface area contributed by atoms with E-state index in [-0.39, 0.29) is 11.3 Å². The van der Waals surface area contributed by atoms with Gasteiger partial charge in [0.25, 0.3) is 0 Å². The second kappa shape index (κ2) is 5.96. The molecule has 102 valence electrons. The first-order chi connectivity index (χ1) is 8.35. The van der Waals surface area contributed by atoms with Gasteiger partial charge in [0.05, 0.1) is 12.6 Å². The fraction of sp³-hybridized carbons (Fsp3) is 0.600. The van der Waals surface area contributed by atoms with Gasteiger partial charge in [-0.25, -0.2) is 13.1 Å². The fourth-order valence-corrected chi connectivity index (χ4v) is 2.84. The lowest BCUT2D eigenvalue weighted by Crippen LogP contribution is -2.36. The molecule has 1 heterocycles. The van der Waals surface area contributed by atoms with Crippen molar-refractivity contribution in [2.24, 2.45) is 7.05 Å². The smallest absolute Gasteiger partial charge is 0.304 e. The van der Waals surface area contributed by atoms with Crippen molar-refractivity contribution in [1.82, 2.24) is 14.5 Å². The van der Waals surface area contributed by atoms with Gasteiger partial charge in [-0.05, 0) is 6.42 Å². The lowest BCUT2D eigenvalue weighted by atomic mass is 10.1. The zero-order valence-corrected chi connectivity index (χ0v) is 11.1. The van der Waals surface area contributed by atoms with Crippen LogP contribution in [-0.4, -0.2) is 35.3 Å². The Morgan fingerprint density at radius 2 is 2.28 bits per heavy atom. The van der Waals surface area contributed by atoms with Gasteiger partial charge in [0.2, 0.25) is 10.0 Å². The van der Waals surface area contributed by atoms with E-state index >= 15 is 0 Å². The molecule has 18 heavy (non-hydrogen) atoms. The summed E-state index contributed by atoms with van der Waals surface area (Å²) >= 11 is 0. The van der Waals surface area contributed by atoms with E-state index in [1.54, 1.807) is 7.05 Å². The van der Waals surface area contributed by atoms with E-state index in [1.807, 2.05) is 6.92 Å². The van der Waals surface area contributed by atoms with Gasteiger partial charge in [-0.1, -0.05) is 13.3 Å². The van der Waals surface area contributed by atoms with Gasteiger partial charge < -0.3 is 5.11 Å². The Hall–Kier alpha value is -1.41. The number of hydrogen-bond donors (Lipinski definition) is 2. The molecule has 8 heteroatoms. The van der Waals surface area contributed by atoms with Gasteiger partial charge in [-0.2, -0.15) is 5.10 Å². The van der Waals surface area contributed by atoms with E-state index in [9.17, 15) is 13.2 Å². The van der Waals surface area contributed by atoms with Crippen molar-refractivity contribution in [2.75, 3.05) is 0 Å². The Bertz CT molecular complexity index is 509. The van der Waals surface area contributed by atoms with Crippen LogP contribution in [0.4, 0.5) is 0 Å². The first-order valence-electron chi connectivity index (χ1n) is 5.58. The Kier molecular flexibility index (Phi) is 4.85. The van der Waals surface area contributed by atoms with Gasteiger partial charge in [0.15, 0.2) is 0 Å². The maximum atomic E-state index is 12.0. The summed E-state index contributed by atoms with van der Waals surface area (Å²) in [6.07, 6.45) is 3.55. The molecule has 0 aliphatic carbocycles. The standard InChI is InChI=1S/C10H17N3O4S/c1-3-4-8(5-10(14)15)12-18(16,17)9-6-11-13(2)7-9/h6-8,12H,3-5H2,1-2H3,(H,14,15). The molecule has 1 aromatic rings. The van der Waals surface area contributed by atoms with E-state index in [0.29, 0.717) is 12.8 Å². The van der Waals surface area contributed by atoms with Crippen LogP contribution in [-0.2, 0) is 21.9 Å². The largest absolute Gasteiger partial charge is 0.481 e. The highest BCUT2D eigenvalue weighted by Crippen LogP contribution is 2.10. The molecule has 0 saturated heterocycles. The monoisotopic (exact) mass is 275 g/mol. The summed E-state index contributed by atoms with van der Waals surface area (Å²) < 4.78 is 27.7. The Labute approximate surface area is 106 Å². The fourth-order valence-electron chi connectivity index (χ4n) is 1.59. The van der Waals surface area contributed by atoms with E-state index in [1.165, 1.54) is 17.1 Å². The second-order valence-electron chi connectivity index (χ2n) is 4.05. The summed E-state index contributed by atoms with van der Waals surface area (Å²) in [5, 5.41) is 12.5. The van der Waals surface area contributed by atoms with Crippen molar-refractivity contribution >= 4 is 16.0 Å². The van der Waals surface area contributed by atoms with Crippen molar-refractivity contribution in [3.63, 3.8) is 0 Å². The van der Waals surface area contributed by atoms with Gasteiger partial charge in [-0.15, -0.1) is 0 Å². The lowest BCUT2D eigenvalue weighted by molar-refractivity contribution is -0.137. The summed E-state index contributed by atoms with van der Waals surface area (Å²) in [4.78, 5) is 10.7. The first kappa shape index (κ1) is 14.7. The molecule has 0 aliphatic rings. The molecule has 0 saturated carbocycles. The maximum Gasteiger partial charge on any atom is 0.304 e. The normalized spacial score (nSPS) is 13.4. The molecule has 2 N–H and O–H groups in total. The molecule has 0 aliphatic heterocycles. The van der Waals surface area contributed by atoms with Crippen LogP contribution in [0.3, 0.4) is 0 Å². The SMILES string of the molecule is CCCC(CC(=O)O)NS(=O)(=O)c1cnn(C)c1. The molecule has 1 atom stereocenters. The molecule has 1 unspecified atom stereocenters. The molecule has 0 radical (unpaired) electrons. The third-order valence-electron chi connectivity index (χ3n) is 2.37. The molecule has 1 rings (SSSR count). The summed E-state index contributed by atoms with van der Waals surface area (Å²) in [5.41, 5.74) is 0. The summed E-state index contributed by atoms with van der Waals surface area (Å²) in [5.74, 6) is -1.03. The average Bonchev–Trinajstić information content (AvgIpc) is 2.64. The predicted octanol–water partition coefficient (Wildman–Crippen LogP) is 0.342. The van der Waals surface area contributed by atoms with Crippen molar-refractivity contribution in [1.29, 1.82) is 0 Å². The van der Waals surface area contributed by atoms with Crippen LogP contribution in [0.1, 0.15) is 26.2 Å². The topological polar surface area (TPSA) is 101 Å². The van der Waals surface area contributed by atoms with E-state index in [2.05, 4.69) is 9.82 Å². The number of nitrogens with one attached hydrogen (secondary N) is 1. The number of sulfonamides is 1. The lowest BCUT2D eigenvalue weighted by Gasteiger charge is -2.15. The number of carbonyl (C=O) groups is 1. The number of rotatable bonds is 7. The van der Waals surface area contributed by atoms with Gasteiger partial charge in [0.1, 0.15) is 4.90 Å². The summed E-state index contributed by atoms with van der Waals surface area (Å²) in [6, 6.07) is -0.599. The highest BCUT2D eigenvalue weighted by molar-refractivity contribution is 7.89. The van der Waals surface area contributed by atoms with Gasteiger partial charge in [0, 0.05) is 19.3 Å². The number of aliphatic carboxylic acids is 1. The number of aryl methyl sites for hydroxylation is 1. The zero-order chi connectivity index (χ0) is 13.8. The van der Waals surface area contributed by atoms with Crippen LogP contribution in [0.5, 0.6) is 0 Å². The molecule has 0 amide bonds. The molecular weight excluding hydrogens is 258 g/mol. The Balaban J connectivity index is 2.82. The van der Waals surface area contributed by atoms with Crippen molar-refractivity contribution in [3.05, 3.63) is 12.4 Å². The summed E-state index contributed by atoms with van der Waals surface area (Å²) in [7, 11) is -2.09. The Morgan fingerprint density at radius 3 is 2.72 bits per heavy atom. The minimum atomic E-state index is -3.70. The van der Waals surface area contributed by atoms with Crippen LogP contribution in [0, 0.1) is 0 Å². The van der Waals surface area contributed by atoms with Crippen molar-refractivity contribution < 1.29 is 18.3 Å². The van der Waals surface area contributed by atoms with Crippen molar-refractivity contribution in [2.45, 2.75) is 37.1 Å². The minimum Gasteiger partial charge on any atom is -0.481 e. The molecule has 7 nitrogen and oxygen atoms in total. The van der Waals surface area contributed by atoms with Crippen LogP contribution in [0.25, 0.3) is 0 Å². The third-order valence-corrected chi connectivity index (χ3v) is 3.85. The number of nitrogens with zero attached hydrogens (tertiary/aromatic N) is 2. The van der Waals surface area contributed by atoms with Crippen molar-refractivity contribution in [3.8, 4) is 0 Å². The van der Waals surface area contributed by atoms with Gasteiger partial charge >= 0.3 is 5.97 Å². The molecular formula is C10H17N3O4S. The van der Waals surface area contributed by atoms with E-state index in [0.717, 1.165) is 0 Å². The third kappa shape index (κ3) is 4.11. The van der Waals surface area contributed by atoms with Crippen LogP contribution in [0.15, 0.2) is 17.3 Å². The quantitative estimate of drug-likeness (QED) is 0.747. The minimum absolute atomic E-state index is 0.0384. The second-order valence-corrected chi connectivity index (χ2v) is 5.77. The molecule has 0 bridgehead atoms. The number of carboxylic acids is 1. The van der Waals surface area contributed by atoms with E-state index in [4.69, 9.17) is 5.11 Å². The summed E-state index contributed by atoms with van der Waals surface area (Å²) in [6.45, 7) is 1.87. The van der Waals surface area contributed by atoms with Crippen LogP contribution >= 0.6 is 0 Å². The maximum absolute atomic E-state index is 12.0.